The number of hydrogen-bond acceptors (Lipinski definition) is 10. The van der Waals surface area contributed by atoms with Gasteiger partial charge in [-0.15, -0.1) is 11.3 Å². The number of amides is 4. The fourth-order valence-electron chi connectivity index (χ4n) is 6.77. The molecule has 4 atom stereocenters. The van der Waals surface area contributed by atoms with Gasteiger partial charge in [-0.3, -0.25) is 14.3 Å². The Morgan fingerprint density at radius 3 is 2.62 bits per heavy atom. The number of carbonyl (C=O) groups is 3. The van der Waals surface area contributed by atoms with E-state index < -0.39 is 62.7 Å². The quantitative estimate of drug-likeness (QED) is 0.309. The molecule has 0 bridgehead atoms. The number of alkyl halides is 3. The first kappa shape index (κ1) is 37.2. The molecule has 0 spiro atoms. The van der Waals surface area contributed by atoms with E-state index in [-0.39, 0.29) is 58.0 Å². The highest BCUT2D eigenvalue weighted by molar-refractivity contribution is 7.91. The van der Waals surface area contributed by atoms with Gasteiger partial charge in [0.15, 0.2) is 5.69 Å². The molecule has 2 aromatic heterocycles. The molecule has 2 N–H and O–H groups in total. The Labute approximate surface area is 311 Å². The fraction of sp³-hybridized carbons (Fsp3) is 0.500. The van der Waals surface area contributed by atoms with E-state index in [1.807, 2.05) is 12.2 Å². The zero-order valence-corrected chi connectivity index (χ0v) is 31.0. The van der Waals surface area contributed by atoms with E-state index in [0.29, 0.717) is 37.6 Å². The molecule has 53 heavy (non-hydrogen) atoms. The summed E-state index contributed by atoms with van der Waals surface area (Å²) >= 11 is 7.15. The van der Waals surface area contributed by atoms with Crippen LogP contribution in [0.3, 0.4) is 0 Å². The van der Waals surface area contributed by atoms with E-state index >= 15 is 0 Å². The molecule has 0 radical (unpaired) electrons. The van der Waals surface area contributed by atoms with Crippen molar-refractivity contribution >= 4 is 61.7 Å². The van der Waals surface area contributed by atoms with Crippen molar-refractivity contribution in [3.05, 3.63) is 46.4 Å². The number of urea groups is 1. The normalized spacial score (nSPS) is 26.0. The number of sulfonamides is 1. The Morgan fingerprint density at radius 2 is 1.92 bits per heavy atom. The number of benzene rings is 1. The molecule has 1 saturated heterocycles. The molecule has 3 fully saturated rings. The maximum atomic E-state index is 14.1. The summed E-state index contributed by atoms with van der Waals surface area (Å²) in [5.41, 5.74) is -2.24. The Hall–Kier alpha value is -4.16. The molecule has 2 aliphatic carbocycles. The van der Waals surface area contributed by atoms with Gasteiger partial charge < -0.3 is 24.6 Å². The Balaban J connectivity index is 1.21. The SMILES string of the molecule is COc1cc2c(O[C@H]3C[C@H]4C(=O)N(C)CCCC/C=C\[C@@H]5C[C@@]5(C(=O)NS(=O)(=O)C5CC5)NC(=O)N4C3)cc(-c3nc(C(F)(F)F)cs3)nc2cc1Cl. The Bertz CT molecular complexity index is 2110. The summed E-state index contributed by atoms with van der Waals surface area (Å²) in [6.45, 7) is 0.319. The van der Waals surface area contributed by atoms with Crippen LogP contribution in [0.15, 0.2) is 35.7 Å². The molecule has 1 aromatic carbocycles. The minimum Gasteiger partial charge on any atom is -0.495 e. The summed E-state index contributed by atoms with van der Waals surface area (Å²) in [7, 11) is -0.849. The van der Waals surface area contributed by atoms with E-state index in [4.69, 9.17) is 21.1 Å². The molecule has 7 rings (SSSR count). The van der Waals surface area contributed by atoms with Crippen LogP contribution in [0.25, 0.3) is 21.6 Å². The number of allylic oxidation sites excluding steroid dienone is 1. The molecule has 4 aliphatic rings. The van der Waals surface area contributed by atoms with Crippen LogP contribution in [0, 0.1) is 5.92 Å². The third kappa shape index (κ3) is 7.49. The predicted molar refractivity (Wildman–Crippen MR) is 189 cm³/mol. The molecule has 4 amide bonds. The van der Waals surface area contributed by atoms with Crippen LogP contribution in [0.4, 0.5) is 18.0 Å². The van der Waals surface area contributed by atoms with Crippen molar-refractivity contribution in [3.63, 3.8) is 0 Å². The average molecular weight is 797 g/mol. The highest BCUT2D eigenvalue weighted by Crippen LogP contribution is 2.46. The number of hydrogen-bond donors (Lipinski definition) is 2. The summed E-state index contributed by atoms with van der Waals surface area (Å²) < 4.78 is 79.8. The molecular formula is C34H36ClF3N6O7S2. The van der Waals surface area contributed by atoms with Crippen molar-refractivity contribution in [2.45, 2.75) is 74.1 Å². The van der Waals surface area contributed by atoms with Gasteiger partial charge in [-0.1, -0.05) is 23.8 Å². The zero-order chi connectivity index (χ0) is 37.9. The molecule has 3 aromatic rings. The van der Waals surface area contributed by atoms with E-state index in [1.165, 1.54) is 24.1 Å². The lowest BCUT2D eigenvalue weighted by molar-refractivity contribution is -0.140. The van der Waals surface area contributed by atoms with E-state index in [1.54, 1.807) is 18.0 Å². The van der Waals surface area contributed by atoms with E-state index in [2.05, 4.69) is 20.0 Å². The molecule has 2 saturated carbocycles. The van der Waals surface area contributed by atoms with Crippen LogP contribution in [-0.2, 0) is 25.8 Å². The van der Waals surface area contributed by atoms with Gasteiger partial charge in [-0.2, -0.15) is 13.2 Å². The number of halogens is 4. The number of likely N-dealkylation sites (N-methyl/N-ethyl adjacent to an activating group) is 1. The van der Waals surface area contributed by atoms with Crippen LogP contribution < -0.4 is 19.5 Å². The third-order valence-corrected chi connectivity index (χ3v) is 12.9. The van der Waals surface area contributed by atoms with Crippen molar-refractivity contribution in [2.24, 2.45) is 5.92 Å². The summed E-state index contributed by atoms with van der Waals surface area (Å²) in [4.78, 5) is 52.7. The number of nitrogens with one attached hydrogen (secondary N) is 2. The number of pyridine rings is 1. The summed E-state index contributed by atoms with van der Waals surface area (Å²) in [6.07, 6.45) is 1.49. The van der Waals surface area contributed by atoms with Gasteiger partial charge in [0.05, 0.1) is 29.4 Å². The molecule has 4 heterocycles. The molecule has 13 nitrogen and oxygen atoms in total. The van der Waals surface area contributed by atoms with Crippen molar-refractivity contribution in [2.75, 3.05) is 27.2 Å². The Morgan fingerprint density at radius 1 is 1.15 bits per heavy atom. The van der Waals surface area contributed by atoms with Crippen LogP contribution in [0.5, 0.6) is 11.5 Å². The van der Waals surface area contributed by atoms with E-state index in [0.717, 1.165) is 23.1 Å². The molecule has 19 heteroatoms. The summed E-state index contributed by atoms with van der Waals surface area (Å²) in [5.74, 6) is -1.17. The molecule has 0 unspecified atom stereocenters. The van der Waals surface area contributed by atoms with Gasteiger partial charge in [-0.25, -0.2) is 23.2 Å². The van der Waals surface area contributed by atoms with Crippen LogP contribution in [0.1, 0.15) is 50.6 Å². The topological polar surface area (TPSA) is 160 Å². The second-order valence-electron chi connectivity index (χ2n) is 13.8. The summed E-state index contributed by atoms with van der Waals surface area (Å²) in [6, 6.07) is 2.74. The third-order valence-electron chi connectivity index (χ3n) is 9.97. The highest BCUT2D eigenvalue weighted by atomic mass is 35.5. The number of aromatic nitrogens is 2. The van der Waals surface area contributed by atoms with Gasteiger partial charge in [0.1, 0.15) is 39.9 Å². The first-order valence-electron chi connectivity index (χ1n) is 17.0. The largest absolute Gasteiger partial charge is 0.495 e. The van der Waals surface area contributed by atoms with Gasteiger partial charge in [0, 0.05) is 42.8 Å². The standard InChI is InChI=1S/C34H36ClF3N6O7S2/c1-43-10-6-4-3-5-7-18-15-33(18,31(46)42-53(48,49)20-8-9-20)41-32(47)44-16-19(11-25(44)30(43)45)51-26-14-24(29-40-28(17-52-29)34(36,37)38)39-23-13-22(35)27(50-2)12-21(23)26/h5,7,12-14,17-20,25H,3-4,6,8-11,15-16H2,1-2H3,(H,41,47)(H,42,46)/b7-5-/t18-,19+,25+,33-/m1/s1. The number of thiazole rings is 1. The van der Waals surface area contributed by atoms with E-state index in [9.17, 15) is 36.0 Å². The number of methoxy groups -OCH3 is 1. The second-order valence-corrected chi connectivity index (χ2v) is 17.0. The van der Waals surface area contributed by atoms with Crippen molar-refractivity contribution in [1.82, 2.24) is 29.8 Å². The highest BCUT2D eigenvalue weighted by Gasteiger charge is 2.62. The molecule has 284 valence electrons. The number of ether oxygens (including phenoxy) is 2. The minimum atomic E-state index is -4.66. The van der Waals surface area contributed by atoms with Crippen molar-refractivity contribution in [1.29, 1.82) is 0 Å². The van der Waals surface area contributed by atoms with Crippen molar-refractivity contribution in [3.8, 4) is 22.2 Å². The monoisotopic (exact) mass is 796 g/mol. The van der Waals surface area contributed by atoms with Gasteiger partial charge in [0.2, 0.25) is 15.9 Å². The number of rotatable bonds is 7. The van der Waals surface area contributed by atoms with Crippen molar-refractivity contribution < 1.29 is 45.4 Å². The number of nitrogens with zero attached hydrogens (tertiary/aromatic N) is 4. The van der Waals surface area contributed by atoms with Crippen LogP contribution in [0.2, 0.25) is 5.02 Å². The maximum absolute atomic E-state index is 14.1. The smallest absolute Gasteiger partial charge is 0.434 e. The van der Waals surface area contributed by atoms with Gasteiger partial charge in [0.25, 0.3) is 5.91 Å². The lowest BCUT2D eigenvalue weighted by Crippen LogP contribution is -2.57. The number of carbonyl (C=O) groups excluding carboxylic acids is 3. The predicted octanol–water partition coefficient (Wildman–Crippen LogP) is 5.14. The first-order valence-corrected chi connectivity index (χ1v) is 19.8. The lowest BCUT2D eigenvalue weighted by Gasteiger charge is -2.30. The Kier molecular flexibility index (Phi) is 9.76. The second kappa shape index (κ2) is 13.9. The number of fused-ring (bicyclic) bond motifs is 3. The van der Waals surface area contributed by atoms with Crippen LogP contribution in [-0.4, -0.2) is 96.2 Å². The fourth-order valence-corrected chi connectivity index (χ4v) is 9.15. The molecule has 2 aliphatic heterocycles. The van der Waals surface area contributed by atoms with Gasteiger partial charge >= 0.3 is 12.2 Å². The summed E-state index contributed by atoms with van der Waals surface area (Å²) in [5, 5.41) is 3.61. The maximum Gasteiger partial charge on any atom is 0.434 e. The van der Waals surface area contributed by atoms with Gasteiger partial charge in [-0.05, 0) is 50.7 Å². The lowest BCUT2D eigenvalue weighted by atomic mass is 10.1. The average Bonchev–Trinajstić information content (AvgIpc) is 3.97. The van der Waals surface area contributed by atoms with Crippen LogP contribution >= 0.6 is 22.9 Å². The first-order chi connectivity index (χ1) is 25.1. The minimum absolute atomic E-state index is 0.0178. The molecular weight excluding hydrogens is 761 g/mol. The zero-order valence-electron chi connectivity index (χ0n) is 28.6.